The minimum Gasteiger partial charge on any atom is -0.480 e. The summed E-state index contributed by atoms with van der Waals surface area (Å²) in [6, 6.07) is -0.574. The maximum atomic E-state index is 11.6. The van der Waals surface area contributed by atoms with Crippen molar-refractivity contribution in [2.24, 2.45) is 5.92 Å². The number of carboxylic acid groups (broad SMARTS) is 1. The molecule has 1 aliphatic heterocycles. The predicted molar refractivity (Wildman–Crippen MR) is 60.0 cm³/mol. The molecule has 16 heavy (non-hydrogen) atoms. The van der Waals surface area contributed by atoms with Crippen LogP contribution in [0.15, 0.2) is 0 Å². The van der Waals surface area contributed by atoms with Crippen LogP contribution in [0.5, 0.6) is 0 Å². The normalized spacial score (nSPS) is 22.1. The molecule has 0 radical (unpaired) electrons. The van der Waals surface area contributed by atoms with Gasteiger partial charge in [0.1, 0.15) is 6.04 Å². The monoisotopic (exact) mass is 228 g/mol. The van der Waals surface area contributed by atoms with Crippen LogP contribution < -0.4 is 10.6 Å². The number of carbonyl (C=O) groups is 2. The molecule has 1 rings (SSSR count). The number of carbonyl (C=O) groups excluding carboxylic acids is 1. The van der Waals surface area contributed by atoms with Crippen molar-refractivity contribution in [2.75, 3.05) is 6.54 Å². The summed E-state index contributed by atoms with van der Waals surface area (Å²) in [6.45, 7) is 4.52. The number of hydrogen-bond acceptors (Lipinski definition) is 3. The summed E-state index contributed by atoms with van der Waals surface area (Å²) in [7, 11) is 0. The van der Waals surface area contributed by atoms with Crippen molar-refractivity contribution >= 4 is 11.9 Å². The van der Waals surface area contributed by atoms with Crippen molar-refractivity contribution in [1.82, 2.24) is 10.6 Å². The SMILES string of the molecule is CC(C)C(NC(=O)CC1CCCN1)C(=O)O. The van der Waals surface area contributed by atoms with Gasteiger partial charge in [0.15, 0.2) is 0 Å². The fourth-order valence-corrected chi connectivity index (χ4v) is 1.90. The van der Waals surface area contributed by atoms with E-state index in [1.165, 1.54) is 0 Å². The Bertz CT molecular complexity index is 260. The van der Waals surface area contributed by atoms with Crippen LogP contribution in [0.2, 0.25) is 0 Å². The van der Waals surface area contributed by atoms with Crippen LogP contribution in [0.25, 0.3) is 0 Å². The van der Waals surface area contributed by atoms with Crippen LogP contribution in [-0.2, 0) is 9.59 Å². The molecule has 2 unspecified atom stereocenters. The quantitative estimate of drug-likeness (QED) is 0.634. The van der Waals surface area contributed by atoms with E-state index in [1.807, 2.05) is 0 Å². The van der Waals surface area contributed by atoms with Crippen molar-refractivity contribution in [1.29, 1.82) is 0 Å². The van der Waals surface area contributed by atoms with Gasteiger partial charge in [-0.25, -0.2) is 4.79 Å². The summed E-state index contributed by atoms with van der Waals surface area (Å²) in [5.41, 5.74) is 0. The fraction of sp³-hybridized carbons (Fsp3) is 0.818. The van der Waals surface area contributed by atoms with E-state index in [-0.39, 0.29) is 17.9 Å². The average Bonchev–Trinajstić information content (AvgIpc) is 2.65. The van der Waals surface area contributed by atoms with Crippen LogP contribution in [0.1, 0.15) is 33.1 Å². The molecule has 1 amide bonds. The van der Waals surface area contributed by atoms with Gasteiger partial charge in [-0.3, -0.25) is 4.79 Å². The molecule has 0 aromatic rings. The van der Waals surface area contributed by atoms with E-state index in [4.69, 9.17) is 5.11 Å². The molecule has 5 heteroatoms. The molecular weight excluding hydrogens is 208 g/mol. The lowest BCUT2D eigenvalue weighted by Gasteiger charge is -2.19. The van der Waals surface area contributed by atoms with Crippen molar-refractivity contribution in [3.8, 4) is 0 Å². The molecule has 0 bridgehead atoms. The number of hydrogen-bond donors (Lipinski definition) is 3. The van der Waals surface area contributed by atoms with Gasteiger partial charge in [-0.15, -0.1) is 0 Å². The zero-order valence-electron chi connectivity index (χ0n) is 9.82. The maximum Gasteiger partial charge on any atom is 0.326 e. The summed E-state index contributed by atoms with van der Waals surface area (Å²) < 4.78 is 0. The number of rotatable bonds is 5. The van der Waals surface area contributed by atoms with Crippen LogP contribution in [-0.4, -0.2) is 35.6 Å². The van der Waals surface area contributed by atoms with Crippen molar-refractivity contribution in [3.05, 3.63) is 0 Å². The van der Waals surface area contributed by atoms with Crippen LogP contribution in [0.4, 0.5) is 0 Å². The molecule has 92 valence electrons. The Hall–Kier alpha value is -1.10. The van der Waals surface area contributed by atoms with Gasteiger partial charge >= 0.3 is 5.97 Å². The third-order valence-electron chi connectivity index (χ3n) is 2.84. The van der Waals surface area contributed by atoms with E-state index in [0.29, 0.717) is 6.42 Å². The first-order chi connectivity index (χ1) is 7.50. The number of aliphatic carboxylic acids is 1. The van der Waals surface area contributed by atoms with Crippen molar-refractivity contribution < 1.29 is 14.7 Å². The molecule has 0 aromatic heterocycles. The summed E-state index contributed by atoms with van der Waals surface area (Å²) in [5.74, 6) is -1.25. The standard InChI is InChI=1S/C11H20N2O3/c1-7(2)10(11(15)16)13-9(14)6-8-4-3-5-12-8/h7-8,10,12H,3-6H2,1-2H3,(H,13,14)(H,15,16). The Morgan fingerprint density at radius 2 is 2.19 bits per heavy atom. The van der Waals surface area contributed by atoms with Crippen LogP contribution in [0.3, 0.4) is 0 Å². The zero-order chi connectivity index (χ0) is 12.1. The first-order valence-corrected chi connectivity index (χ1v) is 5.76. The molecule has 3 N–H and O–H groups in total. The second kappa shape index (κ2) is 5.84. The molecule has 1 aliphatic rings. The minimum atomic E-state index is -0.970. The van der Waals surface area contributed by atoms with E-state index in [1.54, 1.807) is 13.8 Å². The summed E-state index contributed by atoms with van der Waals surface area (Å²) >= 11 is 0. The van der Waals surface area contributed by atoms with Gasteiger partial charge in [0, 0.05) is 12.5 Å². The topological polar surface area (TPSA) is 78.4 Å². The second-order valence-electron chi connectivity index (χ2n) is 4.62. The first-order valence-electron chi connectivity index (χ1n) is 5.76. The lowest BCUT2D eigenvalue weighted by molar-refractivity contribution is -0.143. The van der Waals surface area contributed by atoms with E-state index in [2.05, 4.69) is 10.6 Å². The fourth-order valence-electron chi connectivity index (χ4n) is 1.90. The average molecular weight is 228 g/mol. The van der Waals surface area contributed by atoms with E-state index < -0.39 is 12.0 Å². The highest BCUT2D eigenvalue weighted by molar-refractivity contribution is 5.84. The molecule has 1 saturated heterocycles. The highest BCUT2D eigenvalue weighted by Gasteiger charge is 2.25. The third kappa shape index (κ3) is 3.81. The van der Waals surface area contributed by atoms with Gasteiger partial charge in [0.25, 0.3) is 0 Å². The van der Waals surface area contributed by atoms with Crippen molar-refractivity contribution in [3.63, 3.8) is 0 Å². The number of amides is 1. The van der Waals surface area contributed by atoms with Gasteiger partial charge in [-0.05, 0) is 25.3 Å². The first kappa shape index (κ1) is 13.0. The predicted octanol–water partition coefficient (Wildman–Crippen LogP) is 0.354. The molecule has 0 aromatic carbocycles. The Labute approximate surface area is 95.6 Å². The molecular formula is C11H20N2O3. The zero-order valence-corrected chi connectivity index (χ0v) is 9.82. The Morgan fingerprint density at radius 1 is 1.50 bits per heavy atom. The molecule has 0 spiro atoms. The largest absolute Gasteiger partial charge is 0.480 e. The second-order valence-corrected chi connectivity index (χ2v) is 4.62. The van der Waals surface area contributed by atoms with Gasteiger partial charge in [-0.2, -0.15) is 0 Å². The molecule has 2 atom stereocenters. The Kier molecular flexibility index (Phi) is 4.73. The van der Waals surface area contributed by atoms with Crippen LogP contribution in [0, 0.1) is 5.92 Å². The highest BCUT2D eigenvalue weighted by Crippen LogP contribution is 2.09. The summed E-state index contributed by atoms with van der Waals surface area (Å²) in [5, 5.41) is 14.7. The Balaban J connectivity index is 2.38. The van der Waals surface area contributed by atoms with E-state index >= 15 is 0 Å². The van der Waals surface area contributed by atoms with Gasteiger partial charge in [-0.1, -0.05) is 13.8 Å². The van der Waals surface area contributed by atoms with Gasteiger partial charge in [0.05, 0.1) is 0 Å². The molecule has 0 saturated carbocycles. The highest BCUT2D eigenvalue weighted by atomic mass is 16.4. The Morgan fingerprint density at radius 3 is 2.62 bits per heavy atom. The lowest BCUT2D eigenvalue weighted by atomic mass is 10.0. The smallest absolute Gasteiger partial charge is 0.326 e. The van der Waals surface area contributed by atoms with Crippen LogP contribution >= 0.6 is 0 Å². The van der Waals surface area contributed by atoms with E-state index in [9.17, 15) is 9.59 Å². The molecule has 1 heterocycles. The molecule has 1 fully saturated rings. The molecule has 5 nitrogen and oxygen atoms in total. The molecule has 0 aliphatic carbocycles. The summed E-state index contributed by atoms with van der Waals surface area (Å²) in [4.78, 5) is 22.5. The van der Waals surface area contributed by atoms with Gasteiger partial charge in [0.2, 0.25) is 5.91 Å². The minimum absolute atomic E-state index is 0.0991. The number of nitrogens with one attached hydrogen (secondary N) is 2. The van der Waals surface area contributed by atoms with E-state index in [0.717, 1.165) is 19.4 Å². The van der Waals surface area contributed by atoms with Crippen molar-refractivity contribution in [2.45, 2.75) is 45.2 Å². The van der Waals surface area contributed by atoms with Gasteiger partial charge < -0.3 is 15.7 Å². The maximum absolute atomic E-state index is 11.6. The third-order valence-corrected chi connectivity index (χ3v) is 2.84. The lowest BCUT2D eigenvalue weighted by Crippen LogP contribution is -2.45. The number of carboxylic acids is 1. The summed E-state index contributed by atoms with van der Waals surface area (Å²) in [6.07, 6.45) is 2.45.